The Bertz CT molecular complexity index is 957. The van der Waals surface area contributed by atoms with Crippen molar-refractivity contribution in [3.05, 3.63) is 64.2 Å². The van der Waals surface area contributed by atoms with Gasteiger partial charge in [-0.25, -0.2) is 13.6 Å². The Labute approximate surface area is 162 Å². The second kappa shape index (κ2) is 6.69. The van der Waals surface area contributed by atoms with Gasteiger partial charge in [-0.05, 0) is 59.1 Å². The molecule has 6 heteroatoms. The van der Waals surface area contributed by atoms with Crippen LogP contribution >= 0.6 is 0 Å². The number of fused-ring (bicyclic) bond motifs is 1. The summed E-state index contributed by atoms with van der Waals surface area (Å²) in [6.45, 7) is 8.69. The van der Waals surface area contributed by atoms with E-state index in [0.29, 0.717) is 5.69 Å². The lowest BCUT2D eigenvalue weighted by Gasteiger charge is -2.42. The minimum atomic E-state index is -1.72. The Kier molecular flexibility index (Phi) is 4.77. The van der Waals surface area contributed by atoms with Crippen LogP contribution in [0.2, 0.25) is 0 Å². The van der Waals surface area contributed by atoms with Crippen LogP contribution in [0.25, 0.3) is 0 Å². The SMILES string of the molecule is CC1(C)CCC(C)(C)c2cc(NC(=O)c3cc(F)c(C(=O)O)c(F)c3)ccc21. The number of rotatable bonds is 3. The van der Waals surface area contributed by atoms with E-state index in [2.05, 4.69) is 33.0 Å². The average Bonchev–Trinajstić information content (AvgIpc) is 2.58. The van der Waals surface area contributed by atoms with Gasteiger partial charge < -0.3 is 10.4 Å². The third kappa shape index (κ3) is 3.51. The molecule has 0 aromatic heterocycles. The minimum absolute atomic E-state index is 0.0340. The zero-order valence-electron chi connectivity index (χ0n) is 16.3. The number of benzene rings is 2. The van der Waals surface area contributed by atoms with Gasteiger partial charge in [-0.1, -0.05) is 33.8 Å². The first kappa shape index (κ1) is 20.0. The summed E-state index contributed by atoms with van der Waals surface area (Å²) in [5.74, 6) is -5.00. The molecule has 0 saturated heterocycles. The van der Waals surface area contributed by atoms with Crippen LogP contribution in [0.15, 0.2) is 30.3 Å². The molecule has 1 aliphatic rings. The molecule has 3 rings (SSSR count). The van der Waals surface area contributed by atoms with Gasteiger partial charge in [-0.3, -0.25) is 4.79 Å². The lowest BCUT2D eigenvalue weighted by atomic mass is 9.63. The van der Waals surface area contributed by atoms with Gasteiger partial charge in [0.1, 0.15) is 17.2 Å². The predicted octanol–water partition coefficient (Wildman–Crippen LogP) is 5.26. The molecule has 2 aromatic carbocycles. The van der Waals surface area contributed by atoms with E-state index in [0.717, 1.165) is 30.5 Å². The van der Waals surface area contributed by atoms with Gasteiger partial charge in [-0.2, -0.15) is 0 Å². The summed E-state index contributed by atoms with van der Waals surface area (Å²) in [6.07, 6.45) is 2.07. The normalized spacial score (nSPS) is 16.9. The first-order chi connectivity index (χ1) is 12.9. The van der Waals surface area contributed by atoms with Crippen molar-refractivity contribution in [2.45, 2.75) is 51.4 Å². The number of carboxylic acids is 1. The summed E-state index contributed by atoms with van der Waals surface area (Å²) < 4.78 is 27.7. The topological polar surface area (TPSA) is 66.4 Å². The molecule has 0 bridgehead atoms. The monoisotopic (exact) mass is 387 g/mol. The molecule has 0 atom stereocenters. The highest BCUT2D eigenvalue weighted by atomic mass is 19.1. The van der Waals surface area contributed by atoms with Gasteiger partial charge >= 0.3 is 5.97 Å². The fourth-order valence-corrected chi connectivity index (χ4v) is 3.78. The fourth-order valence-electron chi connectivity index (χ4n) is 3.78. The number of carbonyl (C=O) groups excluding carboxylic acids is 1. The molecule has 0 unspecified atom stereocenters. The van der Waals surface area contributed by atoms with Crippen LogP contribution in [0, 0.1) is 11.6 Å². The molecule has 2 aromatic rings. The van der Waals surface area contributed by atoms with Crippen LogP contribution in [0.4, 0.5) is 14.5 Å². The Balaban J connectivity index is 1.93. The summed E-state index contributed by atoms with van der Waals surface area (Å²) in [4.78, 5) is 23.3. The number of aromatic carboxylic acids is 1. The van der Waals surface area contributed by atoms with E-state index in [1.165, 1.54) is 5.56 Å². The number of amides is 1. The third-order valence-corrected chi connectivity index (χ3v) is 5.63. The lowest BCUT2D eigenvalue weighted by Crippen LogP contribution is -2.33. The number of carbonyl (C=O) groups is 2. The van der Waals surface area contributed by atoms with Crippen molar-refractivity contribution < 1.29 is 23.5 Å². The molecule has 0 aliphatic heterocycles. The van der Waals surface area contributed by atoms with E-state index < -0.39 is 29.1 Å². The highest BCUT2D eigenvalue weighted by molar-refractivity contribution is 6.05. The summed E-state index contributed by atoms with van der Waals surface area (Å²) >= 11 is 0. The second-order valence-corrected chi connectivity index (χ2v) is 8.60. The van der Waals surface area contributed by atoms with Gasteiger partial charge in [0.15, 0.2) is 0 Å². The third-order valence-electron chi connectivity index (χ3n) is 5.63. The summed E-state index contributed by atoms with van der Waals surface area (Å²) in [5.41, 5.74) is 1.52. The number of anilines is 1. The number of nitrogens with one attached hydrogen (secondary N) is 1. The quantitative estimate of drug-likeness (QED) is 0.754. The molecular formula is C22H23F2NO3. The number of hydrogen-bond donors (Lipinski definition) is 2. The molecule has 1 amide bonds. The summed E-state index contributed by atoms with van der Waals surface area (Å²) in [5, 5.41) is 11.5. The smallest absolute Gasteiger partial charge is 0.341 e. The van der Waals surface area contributed by atoms with Crippen LogP contribution in [-0.4, -0.2) is 17.0 Å². The first-order valence-corrected chi connectivity index (χ1v) is 9.11. The van der Waals surface area contributed by atoms with Gasteiger partial charge in [-0.15, -0.1) is 0 Å². The fraction of sp³-hybridized carbons (Fsp3) is 0.364. The molecule has 1 aliphatic carbocycles. The zero-order chi connectivity index (χ0) is 20.9. The highest BCUT2D eigenvalue weighted by Crippen LogP contribution is 2.46. The molecule has 28 heavy (non-hydrogen) atoms. The first-order valence-electron chi connectivity index (χ1n) is 9.11. The zero-order valence-corrected chi connectivity index (χ0v) is 16.3. The maximum atomic E-state index is 13.9. The van der Waals surface area contributed by atoms with Crippen LogP contribution in [0.5, 0.6) is 0 Å². The molecule has 0 fully saturated rings. The average molecular weight is 387 g/mol. The van der Waals surface area contributed by atoms with Crippen molar-refractivity contribution in [3.8, 4) is 0 Å². The maximum absolute atomic E-state index is 13.9. The molecule has 4 nitrogen and oxygen atoms in total. The van der Waals surface area contributed by atoms with E-state index in [1.807, 2.05) is 12.1 Å². The second-order valence-electron chi connectivity index (χ2n) is 8.60. The number of halogens is 2. The van der Waals surface area contributed by atoms with Gasteiger partial charge in [0.05, 0.1) is 0 Å². The van der Waals surface area contributed by atoms with E-state index in [-0.39, 0.29) is 16.4 Å². The Morgan fingerprint density at radius 2 is 1.46 bits per heavy atom. The molecule has 0 heterocycles. The minimum Gasteiger partial charge on any atom is -0.477 e. The standard InChI is InChI=1S/C22H23F2NO3/c1-21(2)7-8-22(3,4)15-11-13(5-6-14(15)21)25-19(26)12-9-16(23)18(20(27)28)17(24)10-12/h5-6,9-11H,7-8H2,1-4H3,(H,25,26)(H,27,28). The molecule has 2 N–H and O–H groups in total. The summed E-state index contributed by atoms with van der Waals surface area (Å²) in [6, 6.07) is 7.13. The number of carboxylic acid groups (broad SMARTS) is 1. The largest absolute Gasteiger partial charge is 0.477 e. The summed E-state index contributed by atoms with van der Waals surface area (Å²) in [7, 11) is 0. The van der Waals surface area contributed by atoms with E-state index in [4.69, 9.17) is 5.11 Å². The maximum Gasteiger partial charge on any atom is 0.341 e. The molecule has 0 spiro atoms. The molecular weight excluding hydrogens is 364 g/mol. The molecule has 0 radical (unpaired) electrons. The Hall–Kier alpha value is -2.76. The Morgan fingerprint density at radius 1 is 0.929 bits per heavy atom. The van der Waals surface area contributed by atoms with Gasteiger partial charge in [0.2, 0.25) is 0 Å². The van der Waals surface area contributed by atoms with Crippen LogP contribution in [0.1, 0.15) is 72.4 Å². The van der Waals surface area contributed by atoms with Crippen LogP contribution in [-0.2, 0) is 10.8 Å². The van der Waals surface area contributed by atoms with Crippen molar-refractivity contribution in [3.63, 3.8) is 0 Å². The lowest BCUT2D eigenvalue weighted by molar-refractivity contribution is 0.0685. The van der Waals surface area contributed by atoms with E-state index >= 15 is 0 Å². The predicted molar refractivity (Wildman–Crippen MR) is 103 cm³/mol. The van der Waals surface area contributed by atoms with Crippen molar-refractivity contribution >= 4 is 17.6 Å². The molecule has 148 valence electrons. The van der Waals surface area contributed by atoms with Crippen molar-refractivity contribution in [2.24, 2.45) is 0 Å². The van der Waals surface area contributed by atoms with Gasteiger partial charge in [0.25, 0.3) is 5.91 Å². The van der Waals surface area contributed by atoms with Crippen LogP contribution in [0.3, 0.4) is 0 Å². The Morgan fingerprint density at radius 3 is 2.00 bits per heavy atom. The van der Waals surface area contributed by atoms with Crippen molar-refractivity contribution in [2.75, 3.05) is 5.32 Å². The van der Waals surface area contributed by atoms with Crippen molar-refractivity contribution in [1.82, 2.24) is 0 Å². The highest BCUT2D eigenvalue weighted by Gasteiger charge is 2.37. The van der Waals surface area contributed by atoms with E-state index in [1.54, 1.807) is 6.07 Å². The van der Waals surface area contributed by atoms with Gasteiger partial charge in [0, 0.05) is 11.3 Å². The van der Waals surface area contributed by atoms with E-state index in [9.17, 15) is 18.4 Å². The van der Waals surface area contributed by atoms with Crippen molar-refractivity contribution in [1.29, 1.82) is 0 Å². The number of hydrogen-bond acceptors (Lipinski definition) is 2. The molecule has 0 saturated carbocycles. The van der Waals surface area contributed by atoms with Crippen LogP contribution < -0.4 is 5.32 Å².